The second-order valence-electron chi connectivity index (χ2n) is 3.68. The fraction of sp³-hybridized carbons (Fsp3) is 0. The van der Waals surface area contributed by atoms with Crippen molar-refractivity contribution in [1.82, 2.24) is 4.98 Å². The van der Waals surface area contributed by atoms with E-state index in [0.29, 0.717) is 22.6 Å². The lowest BCUT2D eigenvalue weighted by molar-refractivity contribution is -1.92. The second-order valence-corrected chi connectivity index (χ2v) is 4.47. The molecule has 0 radical (unpaired) electrons. The minimum atomic E-state index is -4.69. The van der Waals surface area contributed by atoms with Gasteiger partial charge >= 0.3 is 0 Å². The van der Waals surface area contributed by atoms with Gasteiger partial charge < -0.3 is 4.42 Å². The molecule has 0 bridgehead atoms. The molecule has 1 aliphatic heterocycles. The molecule has 0 saturated heterocycles. The van der Waals surface area contributed by atoms with Gasteiger partial charge in [-0.25, -0.2) is 4.98 Å². The molecular formula is C12H8ClNO6. The Hall–Kier alpha value is -2.03. The second kappa shape index (κ2) is 5.53. The van der Waals surface area contributed by atoms with Crippen LogP contribution in [0.15, 0.2) is 51.7 Å². The van der Waals surface area contributed by atoms with E-state index in [4.69, 9.17) is 23.1 Å². The lowest BCUT2D eigenvalue weighted by Crippen LogP contribution is -2.58. The Labute approximate surface area is 114 Å². The molecule has 1 aromatic rings. The van der Waals surface area contributed by atoms with Crippen LogP contribution < -0.4 is 19.4 Å². The molecule has 8 heteroatoms. The average Bonchev–Trinajstić information content (AvgIpc) is 2.35. The highest BCUT2D eigenvalue weighted by Crippen LogP contribution is 2.21. The Morgan fingerprint density at radius 2 is 1.70 bits per heavy atom. The number of aromatic nitrogens is 1. The molecule has 2 aliphatic rings. The number of halogens is 1. The first-order chi connectivity index (χ1) is 9.34. The van der Waals surface area contributed by atoms with Crippen molar-refractivity contribution in [2.75, 3.05) is 0 Å². The zero-order chi connectivity index (χ0) is 14.8. The Morgan fingerprint density at radius 3 is 2.40 bits per heavy atom. The minimum absolute atomic E-state index is 0.109. The average molecular weight is 298 g/mol. The van der Waals surface area contributed by atoms with E-state index in [-0.39, 0.29) is 5.43 Å². The summed E-state index contributed by atoms with van der Waals surface area (Å²) in [5.74, 6) is 0.529. The van der Waals surface area contributed by atoms with Crippen LogP contribution in [0.2, 0.25) is 0 Å². The summed E-state index contributed by atoms with van der Waals surface area (Å²) in [7, 11) is -4.69. The number of nitrogens with zero attached hydrogens (tertiary/aromatic N) is 1. The first kappa shape index (κ1) is 14.4. The van der Waals surface area contributed by atoms with E-state index in [0.717, 1.165) is 0 Å². The van der Waals surface area contributed by atoms with Crippen molar-refractivity contribution < 1.29 is 33.3 Å². The summed E-state index contributed by atoms with van der Waals surface area (Å²) in [4.78, 5) is 15.8. The van der Waals surface area contributed by atoms with Gasteiger partial charge in [0.2, 0.25) is 5.43 Å². The van der Waals surface area contributed by atoms with E-state index in [1.165, 1.54) is 6.07 Å². The summed E-state index contributed by atoms with van der Waals surface area (Å²) in [6.07, 6.45) is 0. The van der Waals surface area contributed by atoms with Gasteiger partial charge in [0, 0.05) is 0 Å². The van der Waals surface area contributed by atoms with Crippen LogP contribution in [0.4, 0.5) is 0 Å². The summed E-state index contributed by atoms with van der Waals surface area (Å²) < 4.78 is 38.3. The standard InChI is InChI=1S/C12H7NO2.ClHO4/c14-9-5-3-7-11-12(9)13-8-4-1-2-6-10(8)15-11;2-1(3,4)5/h1-7H;(H,2,3,4,5). The van der Waals surface area contributed by atoms with Gasteiger partial charge in [0.15, 0.2) is 17.0 Å². The monoisotopic (exact) mass is 297 g/mol. The van der Waals surface area contributed by atoms with Crippen LogP contribution in [-0.2, 0) is 0 Å². The molecule has 0 saturated carbocycles. The van der Waals surface area contributed by atoms with Crippen molar-refractivity contribution in [1.29, 1.82) is 0 Å². The van der Waals surface area contributed by atoms with Crippen molar-refractivity contribution in [3.05, 3.63) is 52.7 Å². The van der Waals surface area contributed by atoms with E-state index < -0.39 is 10.2 Å². The number of para-hydroxylation sites is 3. The lowest BCUT2D eigenvalue weighted by atomic mass is 10.2. The fourth-order valence-corrected chi connectivity index (χ4v) is 1.57. The highest BCUT2D eigenvalue weighted by molar-refractivity contribution is 5.75. The molecule has 7 nitrogen and oxygen atoms in total. The van der Waals surface area contributed by atoms with Crippen molar-refractivity contribution in [3.63, 3.8) is 0 Å². The van der Waals surface area contributed by atoms with Crippen LogP contribution in [0, 0.1) is 10.2 Å². The summed E-state index contributed by atoms with van der Waals surface area (Å²) >= 11 is 0. The zero-order valence-electron chi connectivity index (χ0n) is 9.86. The summed E-state index contributed by atoms with van der Waals surface area (Å²) in [5, 5.41) is 0. The van der Waals surface area contributed by atoms with Crippen LogP contribution in [0.1, 0.15) is 0 Å². The van der Waals surface area contributed by atoms with Crippen LogP contribution in [-0.4, -0.2) is 9.64 Å². The van der Waals surface area contributed by atoms with Gasteiger partial charge in [-0.05, 0) is 24.3 Å². The molecule has 0 spiro atoms. The molecule has 0 atom stereocenters. The zero-order valence-corrected chi connectivity index (χ0v) is 10.6. The number of fused-ring (bicyclic) bond motifs is 2. The molecule has 0 amide bonds. The summed E-state index contributed by atoms with van der Waals surface area (Å²) in [5.41, 5.74) is 1.67. The maximum Gasteiger partial charge on any atom is 0.208 e. The van der Waals surface area contributed by atoms with Crippen LogP contribution >= 0.6 is 0 Å². The third-order valence-corrected chi connectivity index (χ3v) is 2.28. The third kappa shape index (κ3) is 3.73. The predicted molar refractivity (Wildman–Crippen MR) is 59.1 cm³/mol. The molecule has 1 heterocycles. The van der Waals surface area contributed by atoms with Crippen LogP contribution in [0.25, 0.3) is 22.6 Å². The molecule has 20 heavy (non-hydrogen) atoms. The van der Waals surface area contributed by atoms with Gasteiger partial charge in [-0.15, -0.1) is 0 Å². The maximum atomic E-state index is 11.5. The maximum absolute atomic E-state index is 11.5. The molecule has 3 rings (SSSR count). The van der Waals surface area contributed by atoms with Gasteiger partial charge in [0.05, 0.1) is 14.9 Å². The Kier molecular flexibility index (Phi) is 3.98. The van der Waals surface area contributed by atoms with Crippen molar-refractivity contribution in [2.45, 2.75) is 0 Å². The van der Waals surface area contributed by atoms with Crippen molar-refractivity contribution >= 4 is 11.1 Å². The Balaban J connectivity index is 0.000000257. The number of benzene rings is 2. The third-order valence-electron chi connectivity index (χ3n) is 2.28. The molecule has 0 unspecified atom stereocenters. The van der Waals surface area contributed by atoms with Gasteiger partial charge in [-0.2, -0.15) is 14.0 Å². The van der Waals surface area contributed by atoms with Gasteiger partial charge in [-0.3, -0.25) is 4.79 Å². The predicted octanol–water partition coefficient (Wildman–Crippen LogP) is -1.83. The normalized spacial score (nSPS) is 11.2. The first-order valence-corrected chi connectivity index (χ1v) is 6.53. The van der Waals surface area contributed by atoms with E-state index in [2.05, 4.69) is 4.98 Å². The highest BCUT2D eigenvalue weighted by Gasteiger charge is 2.10. The molecule has 1 aliphatic carbocycles. The molecule has 104 valence electrons. The number of hydrogen-bond donors (Lipinski definition) is 1. The van der Waals surface area contributed by atoms with Gasteiger partial charge in [0.25, 0.3) is 0 Å². The first-order valence-electron chi connectivity index (χ1n) is 5.26. The number of rotatable bonds is 0. The van der Waals surface area contributed by atoms with Crippen LogP contribution in [0.5, 0.6) is 0 Å². The van der Waals surface area contributed by atoms with E-state index in [1.807, 2.05) is 24.3 Å². The van der Waals surface area contributed by atoms with E-state index in [1.54, 1.807) is 12.1 Å². The van der Waals surface area contributed by atoms with Crippen LogP contribution in [0.3, 0.4) is 0 Å². The largest absolute Gasteiger partial charge is 0.453 e. The van der Waals surface area contributed by atoms with Gasteiger partial charge in [-0.1, -0.05) is 18.2 Å². The van der Waals surface area contributed by atoms with E-state index >= 15 is 0 Å². The van der Waals surface area contributed by atoms with Crippen molar-refractivity contribution in [3.8, 4) is 11.5 Å². The molecule has 0 aromatic heterocycles. The molecule has 0 fully saturated rings. The molecular weight excluding hydrogens is 290 g/mol. The Bertz CT molecular complexity index is 745. The molecule has 1 aromatic carbocycles. The smallest absolute Gasteiger partial charge is 0.208 e. The number of hydrogen-bond acceptors (Lipinski definition) is 7. The lowest BCUT2D eigenvalue weighted by Gasteiger charge is -2.03. The van der Waals surface area contributed by atoms with Crippen molar-refractivity contribution in [2.24, 2.45) is 0 Å². The molecule has 1 N–H and O–H groups in total. The quantitative estimate of drug-likeness (QED) is 0.482. The fourth-order valence-electron chi connectivity index (χ4n) is 1.57. The minimum Gasteiger partial charge on any atom is -0.453 e. The SMILES string of the molecule is O=c1cccc2oc3ccccc3nc1-2.[O-][Cl+3]([O-])([O-])O. The summed E-state index contributed by atoms with van der Waals surface area (Å²) in [6, 6.07) is 12.3. The topological polar surface area (TPSA) is 133 Å². The Morgan fingerprint density at radius 1 is 1.05 bits per heavy atom. The highest BCUT2D eigenvalue weighted by atomic mass is 35.7. The van der Waals surface area contributed by atoms with E-state index in [9.17, 15) is 4.79 Å². The summed E-state index contributed by atoms with van der Waals surface area (Å²) in [6.45, 7) is 0. The van der Waals surface area contributed by atoms with Gasteiger partial charge in [0.1, 0.15) is 5.52 Å².